The first-order valence-electron chi connectivity index (χ1n) is 4.76. The van der Waals surface area contributed by atoms with Crippen LogP contribution in [0.1, 0.15) is 29.7 Å². The molecule has 1 aromatic rings. The van der Waals surface area contributed by atoms with Gasteiger partial charge in [0, 0.05) is 6.04 Å². The van der Waals surface area contributed by atoms with Crippen molar-refractivity contribution in [2.24, 2.45) is 0 Å². The lowest BCUT2D eigenvalue weighted by molar-refractivity contribution is 0.169. The number of hydrogen-bond acceptors (Lipinski definition) is 2. The molecule has 0 aliphatic heterocycles. The monoisotopic (exact) mass is 187 g/mol. The number of aliphatic hydroxyl groups excluding tert-OH is 1. The molecule has 0 amide bonds. The van der Waals surface area contributed by atoms with E-state index < -0.39 is 0 Å². The van der Waals surface area contributed by atoms with Gasteiger partial charge in [-0.15, -0.1) is 6.42 Å². The number of nitrogens with one attached hydrogen (secondary N) is 1. The van der Waals surface area contributed by atoms with Gasteiger partial charge in [-0.05, 0) is 17.5 Å². The van der Waals surface area contributed by atoms with Crippen molar-refractivity contribution in [3.8, 4) is 12.3 Å². The Balaban J connectivity index is 2.22. The maximum Gasteiger partial charge on any atom is 0.0811 e. The molecule has 2 N–H and O–H groups in total. The minimum Gasteiger partial charge on any atom is -0.388 e. The normalized spacial score (nSPS) is 24.3. The standard InChI is InChI=1S/C12H13NO/c1-2-7-13-11-8-12(14)10-6-4-3-5-9(10)11/h1,3-6,11-14H,7-8H2/t11-,12+/m1/s1. The minimum absolute atomic E-state index is 0.206. The quantitative estimate of drug-likeness (QED) is 0.686. The molecule has 0 fully saturated rings. The van der Waals surface area contributed by atoms with E-state index in [2.05, 4.69) is 11.2 Å². The Hall–Kier alpha value is -1.30. The number of hydrogen-bond donors (Lipinski definition) is 2. The highest BCUT2D eigenvalue weighted by Gasteiger charge is 2.28. The van der Waals surface area contributed by atoms with Crippen LogP contribution >= 0.6 is 0 Å². The van der Waals surface area contributed by atoms with Crippen molar-refractivity contribution in [2.45, 2.75) is 18.6 Å². The van der Waals surface area contributed by atoms with Crippen molar-refractivity contribution >= 4 is 0 Å². The molecule has 2 heteroatoms. The molecule has 72 valence electrons. The van der Waals surface area contributed by atoms with Gasteiger partial charge in [-0.1, -0.05) is 30.2 Å². The number of aliphatic hydroxyl groups is 1. The van der Waals surface area contributed by atoms with E-state index in [-0.39, 0.29) is 12.1 Å². The van der Waals surface area contributed by atoms with Gasteiger partial charge in [0.05, 0.1) is 12.6 Å². The van der Waals surface area contributed by atoms with Gasteiger partial charge in [0.2, 0.25) is 0 Å². The number of terminal acetylenes is 1. The summed E-state index contributed by atoms with van der Waals surface area (Å²) in [6.07, 6.45) is 5.56. The van der Waals surface area contributed by atoms with Crippen LogP contribution in [0.15, 0.2) is 24.3 Å². The van der Waals surface area contributed by atoms with Gasteiger partial charge >= 0.3 is 0 Å². The first-order valence-corrected chi connectivity index (χ1v) is 4.76. The predicted molar refractivity (Wildman–Crippen MR) is 55.6 cm³/mol. The predicted octanol–water partition coefficient (Wildman–Crippen LogP) is 1.39. The molecule has 2 rings (SSSR count). The van der Waals surface area contributed by atoms with E-state index >= 15 is 0 Å². The van der Waals surface area contributed by atoms with Crippen molar-refractivity contribution in [3.63, 3.8) is 0 Å². The molecule has 1 aliphatic carbocycles. The second-order valence-electron chi connectivity index (χ2n) is 3.52. The van der Waals surface area contributed by atoms with Crippen LogP contribution in [0.3, 0.4) is 0 Å². The lowest BCUT2D eigenvalue weighted by atomic mass is 10.1. The zero-order chi connectivity index (χ0) is 9.97. The molecule has 14 heavy (non-hydrogen) atoms. The van der Waals surface area contributed by atoms with Gasteiger partial charge in [-0.25, -0.2) is 0 Å². The topological polar surface area (TPSA) is 32.3 Å². The van der Waals surface area contributed by atoms with E-state index in [0.29, 0.717) is 6.54 Å². The summed E-state index contributed by atoms with van der Waals surface area (Å²) >= 11 is 0. The van der Waals surface area contributed by atoms with Crippen molar-refractivity contribution in [2.75, 3.05) is 6.54 Å². The van der Waals surface area contributed by atoms with Crippen molar-refractivity contribution < 1.29 is 5.11 Å². The molecule has 2 atom stereocenters. The smallest absolute Gasteiger partial charge is 0.0811 e. The largest absolute Gasteiger partial charge is 0.388 e. The van der Waals surface area contributed by atoms with Gasteiger partial charge in [0.15, 0.2) is 0 Å². The van der Waals surface area contributed by atoms with Crippen LogP contribution in [-0.4, -0.2) is 11.7 Å². The maximum atomic E-state index is 9.76. The van der Waals surface area contributed by atoms with Gasteiger partial charge in [-0.2, -0.15) is 0 Å². The second-order valence-corrected chi connectivity index (χ2v) is 3.52. The Morgan fingerprint density at radius 3 is 2.86 bits per heavy atom. The molecule has 0 aromatic heterocycles. The molecule has 1 aromatic carbocycles. The van der Waals surface area contributed by atoms with Crippen molar-refractivity contribution in [1.82, 2.24) is 5.32 Å². The van der Waals surface area contributed by atoms with Crippen molar-refractivity contribution in [3.05, 3.63) is 35.4 Å². The summed E-state index contributed by atoms with van der Waals surface area (Å²) in [5.41, 5.74) is 2.21. The lowest BCUT2D eigenvalue weighted by Crippen LogP contribution is -2.19. The highest BCUT2D eigenvalue weighted by atomic mass is 16.3. The summed E-state index contributed by atoms with van der Waals surface area (Å²) in [6, 6.07) is 8.15. The third-order valence-electron chi connectivity index (χ3n) is 2.64. The summed E-state index contributed by atoms with van der Waals surface area (Å²) in [5, 5.41) is 13.0. The van der Waals surface area contributed by atoms with E-state index in [1.54, 1.807) is 0 Å². The fourth-order valence-electron chi connectivity index (χ4n) is 1.98. The lowest BCUT2D eigenvalue weighted by Gasteiger charge is -2.10. The van der Waals surface area contributed by atoms with Gasteiger partial charge < -0.3 is 5.11 Å². The van der Waals surface area contributed by atoms with E-state index in [0.717, 1.165) is 12.0 Å². The average Bonchev–Trinajstić information content (AvgIpc) is 2.54. The summed E-state index contributed by atoms with van der Waals surface area (Å²) in [5.74, 6) is 2.55. The van der Waals surface area contributed by atoms with Crippen LogP contribution in [0, 0.1) is 12.3 Å². The Kier molecular flexibility index (Phi) is 2.53. The highest BCUT2D eigenvalue weighted by Crippen LogP contribution is 2.37. The van der Waals surface area contributed by atoms with Crippen molar-refractivity contribution in [1.29, 1.82) is 0 Å². The zero-order valence-corrected chi connectivity index (χ0v) is 7.90. The molecule has 0 heterocycles. The molecule has 0 saturated heterocycles. The average molecular weight is 187 g/mol. The molecule has 1 aliphatic rings. The zero-order valence-electron chi connectivity index (χ0n) is 7.90. The van der Waals surface area contributed by atoms with Crippen LogP contribution in [0.25, 0.3) is 0 Å². The third-order valence-corrected chi connectivity index (χ3v) is 2.64. The molecular weight excluding hydrogens is 174 g/mol. The van der Waals surface area contributed by atoms with Gasteiger partial charge in [0.1, 0.15) is 0 Å². The highest BCUT2D eigenvalue weighted by molar-refractivity contribution is 5.36. The van der Waals surface area contributed by atoms with Gasteiger partial charge in [-0.3, -0.25) is 5.32 Å². The molecule has 2 nitrogen and oxygen atoms in total. The second kappa shape index (κ2) is 3.83. The van der Waals surface area contributed by atoms with E-state index in [4.69, 9.17) is 6.42 Å². The third kappa shape index (κ3) is 1.52. The Morgan fingerprint density at radius 1 is 1.43 bits per heavy atom. The first-order chi connectivity index (χ1) is 6.83. The minimum atomic E-state index is -0.346. The Labute approximate surface area is 84.0 Å². The molecule has 0 saturated carbocycles. The van der Waals surface area contributed by atoms with Crippen LogP contribution in [0.2, 0.25) is 0 Å². The summed E-state index contributed by atoms with van der Waals surface area (Å²) in [6.45, 7) is 0.547. The fourth-order valence-corrected chi connectivity index (χ4v) is 1.98. The van der Waals surface area contributed by atoms with Crippen LogP contribution < -0.4 is 5.32 Å². The summed E-state index contributed by atoms with van der Waals surface area (Å²) < 4.78 is 0. The van der Waals surface area contributed by atoms with E-state index in [1.165, 1.54) is 5.56 Å². The Morgan fingerprint density at radius 2 is 2.14 bits per heavy atom. The molecular formula is C12H13NO. The molecule has 0 bridgehead atoms. The number of rotatable bonds is 2. The summed E-state index contributed by atoms with van der Waals surface area (Å²) in [4.78, 5) is 0. The van der Waals surface area contributed by atoms with Crippen LogP contribution in [0.5, 0.6) is 0 Å². The van der Waals surface area contributed by atoms with Crippen LogP contribution in [0.4, 0.5) is 0 Å². The molecule has 0 unspecified atom stereocenters. The van der Waals surface area contributed by atoms with E-state index in [9.17, 15) is 5.11 Å². The Bertz CT molecular complexity index is 367. The van der Waals surface area contributed by atoms with Crippen LogP contribution in [-0.2, 0) is 0 Å². The SMILES string of the molecule is C#CCN[C@@H]1C[C@H](O)c2ccccc21. The van der Waals surface area contributed by atoms with Gasteiger partial charge in [0.25, 0.3) is 0 Å². The first kappa shape index (κ1) is 9.26. The molecule has 0 radical (unpaired) electrons. The maximum absolute atomic E-state index is 9.76. The number of fused-ring (bicyclic) bond motifs is 1. The fraction of sp³-hybridized carbons (Fsp3) is 0.333. The molecule has 0 spiro atoms. The number of benzene rings is 1. The summed E-state index contributed by atoms with van der Waals surface area (Å²) in [7, 11) is 0. The van der Waals surface area contributed by atoms with E-state index in [1.807, 2.05) is 24.3 Å².